The average Bonchev–Trinajstić information content (AvgIpc) is 2.65. The van der Waals surface area contributed by atoms with E-state index in [4.69, 9.17) is 0 Å². The van der Waals surface area contributed by atoms with Crippen LogP contribution in [0.2, 0.25) is 0 Å². The Kier molecular flexibility index (Phi) is 5.18. The minimum Gasteiger partial charge on any atom is -0.352 e. The molecular weight excluding hydrogens is 204 g/mol. The molecule has 2 saturated heterocycles. The summed E-state index contributed by atoms with van der Waals surface area (Å²) in [5.74, 6) is 0.522. The van der Waals surface area contributed by atoms with Crippen LogP contribution in [0, 0.1) is 5.92 Å². The van der Waals surface area contributed by atoms with Crippen molar-refractivity contribution in [3.8, 4) is 0 Å². The van der Waals surface area contributed by atoms with Gasteiger partial charge in [-0.15, -0.1) is 0 Å². The first-order chi connectivity index (χ1) is 7.25. The largest absolute Gasteiger partial charge is 0.352 e. The number of carbonyl (C=O) groups is 1. The lowest BCUT2D eigenvalue weighted by Crippen LogP contribution is -2.43. The number of hydrogen-bond donors (Lipinski definition) is 2. The van der Waals surface area contributed by atoms with E-state index in [2.05, 4.69) is 22.6 Å². The number of piperidine rings is 1. The number of carbonyl (C=O) groups excluding carboxylic acids is 1. The molecule has 0 aromatic carbocycles. The summed E-state index contributed by atoms with van der Waals surface area (Å²) in [4.78, 5) is 14.2. The highest BCUT2D eigenvalue weighted by Gasteiger charge is 2.26. The summed E-state index contributed by atoms with van der Waals surface area (Å²) >= 11 is 0. The maximum absolute atomic E-state index is 11.9. The van der Waals surface area contributed by atoms with E-state index in [1.807, 2.05) is 0 Å². The van der Waals surface area contributed by atoms with Crippen molar-refractivity contribution < 1.29 is 4.79 Å². The fourth-order valence-electron chi connectivity index (χ4n) is 2.46. The van der Waals surface area contributed by atoms with Gasteiger partial charge in [0.1, 0.15) is 0 Å². The first kappa shape index (κ1) is 13.4. The minimum absolute atomic E-state index is 0. The maximum atomic E-state index is 11.9. The average molecular weight is 225 g/mol. The van der Waals surface area contributed by atoms with Crippen LogP contribution in [0.25, 0.3) is 0 Å². The zero-order valence-corrected chi connectivity index (χ0v) is 9.91. The highest BCUT2D eigenvalue weighted by Crippen LogP contribution is 2.13. The lowest BCUT2D eigenvalue weighted by Gasteiger charge is -2.23. The molecule has 0 aliphatic carbocycles. The van der Waals surface area contributed by atoms with Crippen LogP contribution in [0.5, 0.6) is 0 Å². The Labute approximate surface area is 97.5 Å². The van der Waals surface area contributed by atoms with E-state index < -0.39 is 0 Å². The van der Waals surface area contributed by atoms with Crippen molar-refractivity contribution in [1.82, 2.24) is 21.7 Å². The van der Waals surface area contributed by atoms with Crippen LogP contribution < -0.4 is 16.8 Å². The summed E-state index contributed by atoms with van der Waals surface area (Å²) in [5, 5.41) is 6.45. The van der Waals surface area contributed by atoms with E-state index in [-0.39, 0.29) is 18.0 Å². The van der Waals surface area contributed by atoms with Gasteiger partial charge in [-0.3, -0.25) is 4.79 Å². The van der Waals surface area contributed by atoms with Gasteiger partial charge in [-0.05, 0) is 45.9 Å². The third-order valence-corrected chi connectivity index (χ3v) is 3.45. The van der Waals surface area contributed by atoms with Crippen molar-refractivity contribution in [2.75, 3.05) is 33.2 Å². The molecule has 3 radical (unpaired) electrons. The monoisotopic (exact) mass is 225 g/mol. The van der Waals surface area contributed by atoms with Gasteiger partial charge in [-0.2, -0.15) is 0 Å². The molecule has 2 aliphatic rings. The molecule has 2 aliphatic heterocycles. The summed E-state index contributed by atoms with van der Waals surface area (Å²) in [5.41, 5.74) is 0. The summed E-state index contributed by atoms with van der Waals surface area (Å²) in [6.07, 6.45) is 3.09. The molecule has 0 aromatic rings. The summed E-state index contributed by atoms with van der Waals surface area (Å²) in [6.45, 7) is 4.10. The van der Waals surface area contributed by atoms with Crippen LogP contribution in [0.15, 0.2) is 0 Å². The van der Waals surface area contributed by atoms with Crippen molar-refractivity contribution >= 4 is 5.91 Å². The smallest absolute Gasteiger partial charge is 0.223 e. The third-order valence-electron chi connectivity index (χ3n) is 3.45. The van der Waals surface area contributed by atoms with Gasteiger partial charge in [0.05, 0.1) is 0 Å². The second kappa shape index (κ2) is 6.18. The Hall–Kier alpha value is -0.650. The molecule has 1 amide bonds. The standard InChI is InChI=1S/C11H21N3O.N/c1-14-7-4-10(8-14)13-11(15)9-2-5-12-6-3-9;/h9-10,12H,2-8H2,1H3,(H,13,15);/t10-;/m0./s1. The second-order valence-corrected chi connectivity index (χ2v) is 4.78. The van der Waals surface area contributed by atoms with Gasteiger partial charge >= 0.3 is 0 Å². The van der Waals surface area contributed by atoms with Crippen LogP contribution in [-0.4, -0.2) is 50.1 Å². The Balaban J connectivity index is 0.00000128. The molecule has 16 heavy (non-hydrogen) atoms. The van der Waals surface area contributed by atoms with Gasteiger partial charge < -0.3 is 15.5 Å². The second-order valence-electron chi connectivity index (χ2n) is 4.78. The molecule has 1 atom stereocenters. The lowest BCUT2D eigenvalue weighted by atomic mass is 9.97. The van der Waals surface area contributed by atoms with Gasteiger partial charge in [0.25, 0.3) is 0 Å². The van der Waals surface area contributed by atoms with E-state index >= 15 is 0 Å². The number of rotatable bonds is 2. The zero-order chi connectivity index (χ0) is 10.7. The Morgan fingerprint density at radius 1 is 1.31 bits per heavy atom. The van der Waals surface area contributed by atoms with Crippen LogP contribution in [0.3, 0.4) is 0 Å². The summed E-state index contributed by atoms with van der Waals surface area (Å²) < 4.78 is 0. The molecule has 2 heterocycles. The Morgan fingerprint density at radius 2 is 2.00 bits per heavy atom. The molecule has 0 unspecified atom stereocenters. The highest BCUT2D eigenvalue weighted by atomic mass is 16.2. The number of amides is 1. The molecule has 2 fully saturated rings. The van der Waals surface area contributed by atoms with E-state index in [9.17, 15) is 4.79 Å². The van der Waals surface area contributed by atoms with Crippen molar-refractivity contribution in [2.24, 2.45) is 5.92 Å². The van der Waals surface area contributed by atoms with Crippen molar-refractivity contribution in [2.45, 2.75) is 25.3 Å². The SMILES string of the molecule is CN1CC[C@H](NC(=O)C2CCNCC2)C1.[N]. The summed E-state index contributed by atoms with van der Waals surface area (Å²) in [7, 11) is 2.11. The minimum atomic E-state index is 0. The van der Waals surface area contributed by atoms with Crippen LogP contribution in [0.4, 0.5) is 0 Å². The first-order valence-electron chi connectivity index (χ1n) is 5.95. The first-order valence-corrected chi connectivity index (χ1v) is 5.95. The predicted molar refractivity (Wildman–Crippen MR) is 61.8 cm³/mol. The van der Waals surface area contributed by atoms with Gasteiger partial charge in [0, 0.05) is 24.7 Å². The molecule has 0 bridgehead atoms. The fourth-order valence-corrected chi connectivity index (χ4v) is 2.46. The van der Waals surface area contributed by atoms with Gasteiger partial charge in [-0.25, -0.2) is 0 Å². The van der Waals surface area contributed by atoms with E-state index in [0.29, 0.717) is 6.04 Å². The molecule has 5 nitrogen and oxygen atoms in total. The van der Waals surface area contributed by atoms with Crippen molar-refractivity contribution in [1.29, 1.82) is 0 Å². The summed E-state index contributed by atoms with van der Waals surface area (Å²) in [6, 6.07) is 0.386. The normalized spacial score (nSPS) is 27.4. The number of nitrogens with zero attached hydrogens (tertiary/aromatic N) is 2. The molecule has 2 rings (SSSR count). The number of hydrogen-bond acceptors (Lipinski definition) is 3. The number of likely N-dealkylation sites (tertiary alicyclic amines) is 1. The van der Waals surface area contributed by atoms with Gasteiger partial charge in [-0.1, -0.05) is 0 Å². The van der Waals surface area contributed by atoms with Crippen molar-refractivity contribution in [3.05, 3.63) is 0 Å². The molecular formula is C11H21N4O. The third kappa shape index (κ3) is 3.43. The molecule has 91 valence electrons. The predicted octanol–water partition coefficient (Wildman–Crippen LogP) is -0.674. The molecule has 0 spiro atoms. The molecule has 0 aromatic heterocycles. The van der Waals surface area contributed by atoms with E-state index in [1.165, 1.54) is 0 Å². The molecule has 5 heteroatoms. The van der Waals surface area contributed by atoms with Crippen LogP contribution >= 0.6 is 0 Å². The van der Waals surface area contributed by atoms with Gasteiger partial charge in [0.15, 0.2) is 0 Å². The number of nitrogens with one attached hydrogen (secondary N) is 2. The quantitative estimate of drug-likeness (QED) is 0.654. The molecule has 0 saturated carbocycles. The van der Waals surface area contributed by atoms with Crippen molar-refractivity contribution in [3.63, 3.8) is 0 Å². The zero-order valence-electron chi connectivity index (χ0n) is 9.91. The van der Waals surface area contributed by atoms with Gasteiger partial charge in [0.2, 0.25) is 5.91 Å². The maximum Gasteiger partial charge on any atom is 0.223 e. The topological polar surface area (TPSA) is 74.9 Å². The Bertz CT molecular complexity index is 228. The van der Waals surface area contributed by atoms with E-state index in [1.54, 1.807) is 0 Å². The fraction of sp³-hybridized carbons (Fsp3) is 0.909. The Morgan fingerprint density at radius 3 is 2.56 bits per heavy atom. The van der Waals surface area contributed by atoms with Crippen LogP contribution in [-0.2, 0) is 4.79 Å². The van der Waals surface area contributed by atoms with E-state index in [0.717, 1.165) is 45.4 Å². The number of likely N-dealkylation sites (N-methyl/N-ethyl adjacent to an activating group) is 1. The highest BCUT2D eigenvalue weighted by molar-refractivity contribution is 5.79. The molecule has 2 N–H and O–H groups in total. The lowest BCUT2D eigenvalue weighted by molar-refractivity contribution is -0.126. The van der Waals surface area contributed by atoms with Crippen LogP contribution in [0.1, 0.15) is 19.3 Å².